The number of hydrogen-bond acceptors (Lipinski definition) is 6. The number of carbonyl (C=O) groups excluding carboxylic acids is 1. The van der Waals surface area contributed by atoms with Gasteiger partial charge in [-0.3, -0.25) is 4.79 Å². The van der Waals surface area contributed by atoms with Crippen LogP contribution in [0.1, 0.15) is 67.8 Å². The van der Waals surface area contributed by atoms with E-state index in [9.17, 15) is 4.79 Å². The molecule has 3 aromatic rings. The van der Waals surface area contributed by atoms with E-state index in [2.05, 4.69) is 38.7 Å². The van der Waals surface area contributed by atoms with Crippen LogP contribution in [0.3, 0.4) is 0 Å². The van der Waals surface area contributed by atoms with Crippen LogP contribution < -0.4 is 10.6 Å². The van der Waals surface area contributed by atoms with E-state index in [1.54, 1.807) is 23.1 Å². The molecule has 2 fully saturated rings. The van der Waals surface area contributed by atoms with Crippen LogP contribution in [0.4, 0.5) is 5.69 Å². The van der Waals surface area contributed by atoms with Crippen LogP contribution in [0.2, 0.25) is 0 Å². The predicted molar refractivity (Wildman–Crippen MR) is 122 cm³/mol. The molecule has 0 bridgehead atoms. The smallest absolute Gasteiger partial charge is 0.255 e. The third-order valence-corrected chi connectivity index (χ3v) is 6.58. The van der Waals surface area contributed by atoms with Crippen molar-refractivity contribution in [2.45, 2.75) is 64.0 Å². The maximum atomic E-state index is 13.1. The fraction of sp³-hybridized carbons (Fsp3) is 0.458. The highest BCUT2D eigenvalue weighted by atomic mass is 16.1. The van der Waals surface area contributed by atoms with Gasteiger partial charge in [-0.05, 0) is 50.5 Å². The molecule has 2 aliphatic carbocycles. The van der Waals surface area contributed by atoms with Crippen molar-refractivity contribution in [3.8, 4) is 11.9 Å². The number of hydrogen-bond donors (Lipinski definition) is 2. The van der Waals surface area contributed by atoms with Gasteiger partial charge < -0.3 is 10.6 Å². The lowest BCUT2D eigenvalue weighted by Crippen LogP contribution is -2.38. The van der Waals surface area contributed by atoms with Crippen molar-refractivity contribution >= 4 is 22.6 Å². The number of fused-ring (bicyclic) bond motifs is 1. The summed E-state index contributed by atoms with van der Waals surface area (Å²) < 4.78 is 1.64. The molecule has 0 saturated heterocycles. The highest BCUT2D eigenvalue weighted by Gasteiger charge is 2.26. The minimum atomic E-state index is -0.0748. The Hall–Kier alpha value is -3.47. The zero-order valence-electron chi connectivity index (χ0n) is 18.2. The van der Waals surface area contributed by atoms with Gasteiger partial charge in [0.1, 0.15) is 6.07 Å². The predicted octanol–water partition coefficient (Wildman–Crippen LogP) is 3.96. The first-order valence-corrected chi connectivity index (χ1v) is 11.5. The number of aromatic nitrogens is 4. The monoisotopic (exact) mass is 429 g/mol. The third kappa shape index (κ3) is 4.15. The second kappa shape index (κ2) is 8.58. The molecule has 0 radical (unpaired) electrons. The number of nitriles is 1. The van der Waals surface area contributed by atoms with E-state index in [0.717, 1.165) is 42.7 Å². The van der Waals surface area contributed by atoms with Crippen molar-refractivity contribution in [1.29, 1.82) is 5.26 Å². The topological polar surface area (TPSA) is 109 Å². The molecule has 0 aliphatic heterocycles. The van der Waals surface area contributed by atoms with Crippen molar-refractivity contribution in [2.75, 3.05) is 5.32 Å². The van der Waals surface area contributed by atoms with E-state index >= 15 is 0 Å². The number of nitrogens with zero attached hydrogens (tertiary/aromatic N) is 5. The third-order valence-electron chi connectivity index (χ3n) is 6.58. The van der Waals surface area contributed by atoms with E-state index in [4.69, 9.17) is 5.26 Å². The van der Waals surface area contributed by atoms with Crippen LogP contribution in [-0.2, 0) is 0 Å². The van der Waals surface area contributed by atoms with E-state index < -0.39 is 0 Å². The summed E-state index contributed by atoms with van der Waals surface area (Å²) in [6.07, 6.45) is 12.7. The maximum Gasteiger partial charge on any atom is 0.255 e. The van der Waals surface area contributed by atoms with Gasteiger partial charge in [-0.15, -0.1) is 0 Å². The average Bonchev–Trinajstić information content (AvgIpc) is 3.54. The fourth-order valence-electron chi connectivity index (χ4n) is 4.44. The second-order valence-corrected chi connectivity index (χ2v) is 8.91. The fourth-order valence-corrected chi connectivity index (χ4v) is 4.44. The highest BCUT2D eigenvalue weighted by molar-refractivity contribution is 6.00. The van der Waals surface area contributed by atoms with Crippen LogP contribution in [-0.4, -0.2) is 37.7 Å². The standard InChI is InChI=1S/C24H27N7O/c1-2-15-3-5-19(6-4-15)30-24(32)20-14-26-22(10-21(20)29-18-7-8-18)31-23-17(13-28-31)9-16(11-25)12-27-23/h9-10,12-15,18-19H,2-8H2,1H3,(H,26,29)(H,30,32). The minimum Gasteiger partial charge on any atom is -0.382 e. The first-order chi connectivity index (χ1) is 15.6. The largest absolute Gasteiger partial charge is 0.382 e. The van der Waals surface area contributed by atoms with Crippen molar-refractivity contribution in [3.63, 3.8) is 0 Å². The van der Waals surface area contributed by atoms with Crippen molar-refractivity contribution in [2.24, 2.45) is 5.92 Å². The van der Waals surface area contributed by atoms with Crippen molar-refractivity contribution in [3.05, 3.63) is 41.9 Å². The lowest BCUT2D eigenvalue weighted by atomic mass is 9.84. The molecule has 0 unspecified atom stereocenters. The first kappa shape index (κ1) is 20.4. The summed E-state index contributed by atoms with van der Waals surface area (Å²) in [5.41, 5.74) is 2.45. The van der Waals surface area contributed by atoms with Gasteiger partial charge in [-0.1, -0.05) is 13.3 Å². The molecule has 32 heavy (non-hydrogen) atoms. The van der Waals surface area contributed by atoms with Crippen LogP contribution in [0.25, 0.3) is 16.9 Å². The first-order valence-electron chi connectivity index (χ1n) is 11.5. The Balaban J connectivity index is 1.41. The normalized spacial score (nSPS) is 20.6. The quantitative estimate of drug-likeness (QED) is 0.614. The molecule has 0 aromatic carbocycles. The molecule has 8 heteroatoms. The molecule has 8 nitrogen and oxygen atoms in total. The van der Waals surface area contributed by atoms with Gasteiger partial charge in [0.25, 0.3) is 5.91 Å². The number of pyridine rings is 2. The number of amides is 1. The van der Waals surface area contributed by atoms with Crippen molar-refractivity contribution < 1.29 is 4.79 Å². The molecule has 3 heterocycles. The van der Waals surface area contributed by atoms with Gasteiger partial charge in [-0.25, -0.2) is 9.97 Å². The van der Waals surface area contributed by atoms with Gasteiger partial charge >= 0.3 is 0 Å². The molecule has 1 amide bonds. The number of carbonyl (C=O) groups is 1. The van der Waals surface area contributed by atoms with Crippen molar-refractivity contribution in [1.82, 2.24) is 25.1 Å². The second-order valence-electron chi connectivity index (χ2n) is 8.91. The lowest BCUT2D eigenvalue weighted by Gasteiger charge is -2.28. The molecule has 2 saturated carbocycles. The summed E-state index contributed by atoms with van der Waals surface area (Å²) in [4.78, 5) is 22.0. The van der Waals surface area contributed by atoms with E-state index in [-0.39, 0.29) is 11.9 Å². The molecule has 0 spiro atoms. The Morgan fingerprint density at radius 2 is 1.88 bits per heavy atom. The average molecular weight is 430 g/mol. The maximum absolute atomic E-state index is 13.1. The molecule has 5 rings (SSSR count). The van der Waals surface area contributed by atoms with E-state index in [0.29, 0.717) is 28.6 Å². The molecule has 2 aliphatic rings. The zero-order valence-corrected chi connectivity index (χ0v) is 18.2. The van der Waals surface area contributed by atoms with Crippen LogP contribution in [0.5, 0.6) is 0 Å². The molecular weight excluding hydrogens is 402 g/mol. The van der Waals surface area contributed by atoms with Gasteiger partial charge in [0.2, 0.25) is 0 Å². The molecule has 164 valence electrons. The Morgan fingerprint density at radius 1 is 1.09 bits per heavy atom. The SMILES string of the molecule is CCC1CCC(NC(=O)c2cnc(-n3ncc4cc(C#N)cnc43)cc2NC2CC2)CC1. The van der Waals surface area contributed by atoms with Crippen LogP contribution in [0, 0.1) is 17.2 Å². The van der Waals surface area contributed by atoms with Gasteiger partial charge in [0.05, 0.1) is 23.0 Å². The molecule has 2 N–H and O–H groups in total. The summed E-state index contributed by atoms with van der Waals surface area (Å²) >= 11 is 0. The van der Waals surface area contributed by atoms with Gasteiger partial charge in [0.15, 0.2) is 11.5 Å². The lowest BCUT2D eigenvalue weighted by molar-refractivity contribution is 0.0922. The zero-order chi connectivity index (χ0) is 22.1. The van der Waals surface area contributed by atoms with E-state index in [1.807, 2.05) is 6.07 Å². The van der Waals surface area contributed by atoms with Gasteiger partial charge in [-0.2, -0.15) is 15.0 Å². The Kier molecular flexibility index (Phi) is 5.48. The summed E-state index contributed by atoms with van der Waals surface area (Å²) in [7, 11) is 0. The number of anilines is 1. The summed E-state index contributed by atoms with van der Waals surface area (Å²) in [5.74, 6) is 1.30. The molecular formula is C24H27N7O. The molecule has 0 atom stereocenters. The Bertz CT molecular complexity index is 1180. The molecule has 3 aromatic heterocycles. The highest BCUT2D eigenvalue weighted by Crippen LogP contribution is 2.30. The minimum absolute atomic E-state index is 0.0748. The number of rotatable bonds is 6. The van der Waals surface area contributed by atoms with Crippen LogP contribution >= 0.6 is 0 Å². The van der Waals surface area contributed by atoms with Gasteiger partial charge in [0, 0.05) is 35.9 Å². The van der Waals surface area contributed by atoms with E-state index in [1.165, 1.54) is 25.5 Å². The van der Waals surface area contributed by atoms with Crippen LogP contribution in [0.15, 0.2) is 30.7 Å². The summed E-state index contributed by atoms with van der Waals surface area (Å²) in [6, 6.07) is 6.34. The summed E-state index contributed by atoms with van der Waals surface area (Å²) in [6.45, 7) is 2.24. The number of nitrogens with one attached hydrogen (secondary N) is 2. The summed E-state index contributed by atoms with van der Waals surface area (Å²) in [5, 5.41) is 21.0. The Labute approximate surface area is 187 Å². The Morgan fingerprint density at radius 3 is 2.59 bits per heavy atom.